The number of allylic oxidation sites excluding steroid dienone is 1. The number of imidazole rings is 1. The van der Waals surface area contributed by atoms with Crippen molar-refractivity contribution in [3.63, 3.8) is 0 Å². The molecule has 3 heterocycles. The lowest BCUT2D eigenvalue weighted by molar-refractivity contribution is 0.200. The molecule has 9 heteroatoms. The average molecular weight is 510 g/mol. The highest BCUT2D eigenvalue weighted by Crippen LogP contribution is 2.46. The quantitative estimate of drug-likeness (QED) is 0.220. The Balaban J connectivity index is 1.55. The predicted molar refractivity (Wildman–Crippen MR) is 146 cm³/mol. The molecule has 0 spiro atoms. The highest BCUT2D eigenvalue weighted by atomic mass is 16.4. The minimum absolute atomic E-state index is 0.00242. The molecule has 4 N–H and O–H groups in total. The van der Waals surface area contributed by atoms with E-state index in [0.29, 0.717) is 23.3 Å². The number of fused-ring (bicyclic) bond motifs is 4. The number of rotatable bonds is 5. The van der Waals surface area contributed by atoms with Gasteiger partial charge in [-0.05, 0) is 56.4 Å². The number of hydrogen-bond acceptors (Lipinski definition) is 6. The zero-order chi connectivity index (χ0) is 26.4. The SMILES string of the molecule is C#C[C@@H]1CC[C@H]2Cn3c(nc4nc(C(=N)NC(=O)O)nc(N[C@H](C)C5CCC5)c43)C(c3ccccc3)=C2C1. The Morgan fingerprint density at radius 2 is 1.97 bits per heavy atom. The first-order valence-corrected chi connectivity index (χ1v) is 13.3. The van der Waals surface area contributed by atoms with Gasteiger partial charge in [0.2, 0.25) is 0 Å². The number of terminal acetylenes is 1. The van der Waals surface area contributed by atoms with Crippen molar-refractivity contribution in [1.82, 2.24) is 24.8 Å². The van der Waals surface area contributed by atoms with E-state index < -0.39 is 6.09 Å². The molecule has 2 aliphatic carbocycles. The third-order valence-electron chi connectivity index (χ3n) is 8.35. The van der Waals surface area contributed by atoms with Gasteiger partial charge in [0.15, 0.2) is 23.1 Å². The fourth-order valence-electron chi connectivity index (χ4n) is 6.10. The summed E-state index contributed by atoms with van der Waals surface area (Å²) in [5, 5.41) is 23.1. The zero-order valence-electron chi connectivity index (χ0n) is 21.4. The van der Waals surface area contributed by atoms with E-state index in [1.807, 2.05) is 18.2 Å². The maximum absolute atomic E-state index is 11.2. The number of amidine groups is 1. The Morgan fingerprint density at radius 3 is 2.66 bits per heavy atom. The van der Waals surface area contributed by atoms with Crippen LogP contribution in [0.5, 0.6) is 0 Å². The second-order valence-corrected chi connectivity index (χ2v) is 10.7. The van der Waals surface area contributed by atoms with Crippen molar-refractivity contribution in [1.29, 1.82) is 5.41 Å². The summed E-state index contributed by atoms with van der Waals surface area (Å²) in [5.74, 6) is 5.10. The highest BCUT2D eigenvalue weighted by Gasteiger charge is 2.36. The Bertz CT molecular complexity index is 1500. The summed E-state index contributed by atoms with van der Waals surface area (Å²) >= 11 is 0. The minimum Gasteiger partial charge on any atom is -0.465 e. The number of carbonyl (C=O) groups is 1. The fraction of sp³-hybridized carbons (Fsp3) is 0.414. The van der Waals surface area contributed by atoms with E-state index in [4.69, 9.17) is 16.8 Å². The molecule has 0 bridgehead atoms. The van der Waals surface area contributed by atoms with E-state index in [-0.39, 0.29) is 23.6 Å². The first-order chi connectivity index (χ1) is 18.4. The van der Waals surface area contributed by atoms with Crippen LogP contribution in [-0.2, 0) is 6.54 Å². The summed E-state index contributed by atoms with van der Waals surface area (Å²) < 4.78 is 2.22. The molecule has 3 atom stereocenters. The van der Waals surface area contributed by atoms with Crippen LogP contribution in [0.15, 0.2) is 35.9 Å². The summed E-state index contributed by atoms with van der Waals surface area (Å²) in [4.78, 5) is 25.5. The molecule has 1 amide bonds. The van der Waals surface area contributed by atoms with Crippen molar-refractivity contribution in [2.45, 2.75) is 58.0 Å². The van der Waals surface area contributed by atoms with Crippen LogP contribution in [0.4, 0.5) is 10.6 Å². The lowest BCUT2D eigenvalue weighted by Crippen LogP contribution is -2.33. The standard InChI is InChI=1S/C29H31N7O2/c1-3-17-12-13-20-15-36-23-25(31-16(2)18-10-7-11-18)33-27(24(30)32-29(37)38)34-26(23)35-28(36)22(21(20)14-17)19-8-5-4-6-9-19/h1,4-6,8-9,16-18,20H,7,10-15H2,2H3,(H2,30,32)(H,37,38)(H,31,33,34)/t16-,17-,20+/m1/s1. The van der Waals surface area contributed by atoms with Gasteiger partial charge < -0.3 is 15.0 Å². The van der Waals surface area contributed by atoms with E-state index in [1.54, 1.807) is 0 Å². The van der Waals surface area contributed by atoms with Crippen LogP contribution < -0.4 is 10.6 Å². The monoisotopic (exact) mass is 509 g/mol. The van der Waals surface area contributed by atoms with Crippen molar-refractivity contribution in [3.05, 3.63) is 53.1 Å². The Morgan fingerprint density at radius 1 is 1.18 bits per heavy atom. The molecular formula is C29H31N7O2. The summed E-state index contributed by atoms with van der Waals surface area (Å²) in [7, 11) is 0. The Kier molecular flexibility index (Phi) is 6.10. The third kappa shape index (κ3) is 4.20. The maximum atomic E-state index is 11.2. The van der Waals surface area contributed by atoms with Crippen molar-refractivity contribution < 1.29 is 9.90 Å². The van der Waals surface area contributed by atoms with Crippen LogP contribution in [0, 0.1) is 35.5 Å². The van der Waals surface area contributed by atoms with Gasteiger partial charge in [-0.3, -0.25) is 10.7 Å². The number of benzene rings is 1. The number of nitrogens with zero attached hydrogens (tertiary/aromatic N) is 4. The molecule has 1 aliphatic heterocycles. The van der Waals surface area contributed by atoms with Crippen LogP contribution in [0.2, 0.25) is 0 Å². The normalized spacial score (nSPS) is 21.6. The van der Waals surface area contributed by atoms with Crippen LogP contribution in [0.1, 0.15) is 62.7 Å². The first-order valence-electron chi connectivity index (χ1n) is 13.3. The van der Waals surface area contributed by atoms with Crippen LogP contribution >= 0.6 is 0 Å². The summed E-state index contributed by atoms with van der Waals surface area (Å²) in [6.45, 7) is 2.91. The molecule has 2 saturated carbocycles. The molecule has 1 aromatic carbocycles. The van der Waals surface area contributed by atoms with Crippen LogP contribution in [-0.4, -0.2) is 42.6 Å². The number of amides is 1. The van der Waals surface area contributed by atoms with Gasteiger partial charge >= 0.3 is 6.09 Å². The van der Waals surface area contributed by atoms with Gasteiger partial charge in [-0.2, -0.15) is 0 Å². The summed E-state index contributed by atoms with van der Waals surface area (Å²) in [6, 6.07) is 10.5. The zero-order valence-corrected chi connectivity index (χ0v) is 21.4. The van der Waals surface area contributed by atoms with Gasteiger partial charge in [-0.25, -0.2) is 19.7 Å². The molecule has 2 aromatic heterocycles. The van der Waals surface area contributed by atoms with Gasteiger partial charge in [0.25, 0.3) is 0 Å². The number of hydrogen-bond donors (Lipinski definition) is 4. The topological polar surface area (TPSA) is 129 Å². The average Bonchev–Trinajstić information content (AvgIpc) is 3.24. The van der Waals surface area contributed by atoms with Gasteiger partial charge in [-0.1, -0.05) is 42.3 Å². The number of aromatic nitrogens is 4. The van der Waals surface area contributed by atoms with Crippen molar-refractivity contribution in [3.8, 4) is 12.3 Å². The first kappa shape index (κ1) is 24.2. The van der Waals surface area contributed by atoms with E-state index in [0.717, 1.165) is 48.3 Å². The summed E-state index contributed by atoms with van der Waals surface area (Å²) in [5.41, 5.74) is 4.78. The largest absolute Gasteiger partial charge is 0.465 e. The smallest absolute Gasteiger partial charge is 0.410 e. The molecule has 6 rings (SSSR count). The number of nitrogens with one attached hydrogen (secondary N) is 3. The molecule has 0 radical (unpaired) electrons. The third-order valence-corrected chi connectivity index (χ3v) is 8.35. The molecule has 3 aliphatic rings. The Hall–Kier alpha value is -4.19. The fourth-order valence-corrected chi connectivity index (χ4v) is 6.10. The predicted octanol–water partition coefficient (Wildman–Crippen LogP) is 4.88. The van der Waals surface area contributed by atoms with Crippen LogP contribution in [0.25, 0.3) is 16.7 Å². The van der Waals surface area contributed by atoms with Crippen molar-refractivity contribution >= 4 is 34.5 Å². The van der Waals surface area contributed by atoms with Crippen molar-refractivity contribution in [2.24, 2.45) is 17.8 Å². The maximum Gasteiger partial charge on any atom is 0.410 e. The lowest BCUT2D eigenvalue weighted by atomic mass is 9.73. The number of anilines is 1. The molecule has 0 unspecified atom stereocenters. The van der Waals surface area contributed by atoms with E-state index in [1.165, 1.54) is 24.8 Å². The molecule has 2 fully saturated rings. The summed E-state index contributed by atoms with van der Waals surface area (Å²) in [6.07, 6.45) is 10.9. The van der Waals surface area contributed by atoms with Gasteiger partial charge in [0.05, 0.1) is 0 Å². The highest BCUT2D eigenvalue weighted by molar-refractivity contribution is 6.03. The second-order valence-electron chi connectivity index (χ2n) is 10.7. The minimum atomic E-state index is -1.33. The van der Waals surface area contributed by atoms with Crippen LogP contribution in [0.3, 0.4) is 0 Å². The molecule has 194 valence electrons. The van der Waals surface area contributed by atoms with Gasteiger partial charge in [0.1, 0.15) is 11.3 Å². The molecule has 3 aromatic rings. The molecular weight excluding hydrogens is 478 g/mol. The Labute approximate surface area is 221 Å². The molecule has 38 heavy (non-hydrogen) atoms. The van der Waals surface area contributed by atoms with Crippen molar-refractivity contribution in [2.75, 3.05) is 5.32 Å². The van der Waals surface area contributed by atoms with E-state index >= 15 is 0 Å². The second kappa shape index (κ2) is 9.60. The molecule has 9 nitrogen and oxygen atoms in total. The number of carboxylic acid groups (broad SMARTS) is 1. The van der Waals surface area contributed by atoms with Gasteiger partial charge in [-0.15, -0.1) is 12.3 Å². The lowest BCUT2D eigenvalue weighted by Gasteiger charge is -2.36. The molecule has 0 saturated heterocycles. The van der Waals surface area contributed by atoms with E-state index in [9.17, 15) is 9.90 Å². The van der Waals surface area contributed by atoms with Gasteiger partial charge in [0, 0.05) is 24.1 Å². The van der Waals surface area contributed by atoms with E-state index in [2.05, 4.69) is 50.1 Å².